The highest BCUT2D eigenvalue weighted by molar-refractivity contribution is 5.17. The molecule has 0 unspecified atom stereocenters. The maximum absolute atomic E-state index is 5.61. The Hall–Kier alpha value is -1.52. The van der Waals surface area contributed by atoms with E-state index in [-0.39, 0.29) is 0 Å². The molecule has 0 atom stereocenters. The Morgan fingerprint density at radius 2 is 2.10 bits per heavy atom. The highest BCUT2D eigenvalue weighted by atomic mass is 16.3. The summed E-state index contributed by atoms with van der Waals surface area (Å²) in [6.45, 7) is 4.49. The lowest BCUT2D eigenvalue weighted by molar-refractivity contribution is 0.282. The Morgan fingerprint density at radius 1 is 1.25 bits per heavy atom. The number of hydrogen-bond donors (Lipinski definition) is 1. The van der Waals surface area contributed by atoms with Crippen LogP contribution < -0.4 is 5.32 Å². The average Bonchev–Trinajstić information content (AvgIpc) is 3.01. The molecule has 0 aliphatic heterocycles. The van der Waals surface area contributed by atoms with Gasteiger partial charge in [-0.1, -0.05) is 0 Å². The molecule has 0 amide bonds. The lowest BCUT2D eigenvalue weighted by Gasteiger charge is -2.15. The summed E-state index contributed by atoms with van der Waals surface area (Å²) in [7, 11) is 2.10. The second-order valence-electron chi connectivity index (χ2n) is 5.71. The summed E-state index contributed by atoms with van der Waals surface area (Å²) < 4.78 is 11.2. The number of hydrogen-bond acceptors (Lipinski definition) is 4. The van der Waals surface area contributed by atoms with Crippen LogP contribution in [-0.4, -0.2) is 18.0 Å². The van der Waals surface area contributed by atoms with Gasteiger partial charge in [0.25, 0.3) is 0 Å². The molecule has 1 fully saturated rings. The number of rotatable bonds is 7. The monoisotopic (exact) mass is 274 g/mol. The van der Waals surface area contributed by atoms with E-state index in [0.717, 1.165) is 36.9 Å². The summed E-state index contributed by atoms with van der Waals surface area (Å²) in [6, 6.07) is 6.81. The Labute approximate surface area is 119 Å². The van der Waals surface area contributed by atoms with Crippen molar-refractivity contribution in [2.24, 2.45) is 0 Å². The molecule has 0 radical (unpaired) electrons. The van der Waals surface area contributed by atoms with E-state index in [1.165, 1.54) is 18.4 Å². The van der Waals surface area contributed by atoms with Gasteiger partial charge in [-0.15, -0.1) is 0 Å². The van der Waals surface area contributed by atoms with E-state index in [9.17, 15) is 0 Å². The van der Waals surface area contributed by atoms with Crippen molar-refractivity contribution in [3.05, 3.63) is 47.3 Å². The lowest BCUT2D eigenvalue weighted by atomic mass is 10.2. The molecule has 0 bridgehead atoms. The van der Waals surface area contributed by atoms with E-state index in [2.05, 4.69) is 23.3 Å². The van der Waals surface area contributed by atoms with E-state index in [4.69, 9.17) is 8.83 Å². The van der Waals surface area contributed by atoms with Gasteiger partial charge in [0.1, 0.15) is 17.3 Å². The van der Waals surface area contributed by atoms with Crippen molar-refractivity contribution < 1.29 is 8.83 Å². The summed E-state index contributed by atoms with van der Waals surface area (Å²) in [5, 5.41) is 3.49. The molecule has 2 aromatic rings. The van der Waals surface area contributed by atoms with Crippen LogP contribution in [0.3, 0.4) is 0 Å². The largest absolute Gasteiger partial charge is 0.468 e. The van der Waals surface area contributed by atoms with E-state index in [1.807, 2.05) is 19.1 Å². The molecule has 0 aromatic carbocycles. The van der Waals surface area contributed by atoms with Crippen LogP contribution in [0.1, 0.15) is 35.7 Å². The van der Waals surface area contributed by atoms with Gasteiger partial charge in [0.2, 0.25) is 0 Å². The molecular weight excluding hydrogens is 252 g/mol. The van der Waals surface area contributed by atoms with Crippen molar-refractivity contribution in [2.45, 2.75) is 45.4 Å². The zero-order valence-electron chi connectivity index (χ0n) is 12.2. The SMILES string of the molecule is Cc1ccc(CN(C)Cc2ccoc2CNC2CC2)o1. The van der Waals surface area contributed by atoms with Gasteiger partial charge in [-0.05, 0) is 45.0 Å². The maximum atomic E-state index is 5.61. The van der Waals surface area contributed by atoms with Gasteiger partial charge in [-0.2, -0.15) is 0 Å². The van der Waals surface area contributed by atoms with E-state index in [1.54, 1.807) is 6.26 Å². The molecule has 20 heavy (non-hydrogen) atoms. The van der Waals surface area contributed by atoms with Crippen LogP contribution in [-0.2, 0) is 19.6 Å². The number of aryl methyl sites for hydroxylation is 1. The van der Waals surface area contributed by atoms with Crippen LogP contribution in [0.4, 0.5) is 0 Å². The van der Waals surface area contributed by atoms with E-state index >= 15 is 0 Å². The van der Waals surface area contributed by atoms with Crippen LogP contribution >= 0.6 is 0 Å². The maximum Gasteiger partial charge on any atom is 0.122 e. The summed E-state index contributed by atoms with van der Waals surface area (Å²) in [5.74, 6) is 3.02. The third-order valence-corrected chi connectivity index (χ3v) is 3.63. The normalized spacial score (nSPS) is 15.2. The lowest BCUT2D eigenvalue weighted by Crippen LogP contribution is -2.20. The first-order chi connectivity index (χ1) is 9.70. The number of nitrogens with one attached hydrogen (secondary N) is 1. The van der Waals surface area contributed by atoms with Gasteiger partial charge >= 0.3 is 0 Å². The zero-order valence-corrected chi connectivity index (χ0v) is 12.2. The van der Waals surface area contributed by atoms with Crippen molar-refractivity contribution >= 4 is 0 Å². The quantitative estimate of drug-likeness (QED) is 0.842. The Bertz CT molecular complexity index is 554. The van der Waals surface area contributed by atoms with E-state index < -0.39 is 0 Å². The number of furan rings is 2. The van der Waals surface area contributed by atoms with E-state index in [0.29, 0.717) is 6.04 Å². The van der Waals surface area contributed by atoms with Gasteiger partial charge in [0, 0.05) is 18.2 Å². The second kappa shape index (κ2) is 5.85. The smallest absolute Gasteiger partial charge is 0.122 e. The molecule has 1 N–H and O–H groups in total. The van der Waals surface area contributed by atoms with Gasteiger partial charge in [0.05, 0.1) is 19.4 Å². The molecular formula is C16H22N2O2. The molecule has 4 heteroatoms. The highest BCUT2D eigenvalue weighted by Crippen LogP contribution is 2.21. The van der Waals surface area contributed by atoms with Gasteiger partial charge in [-0.25, -0.2) is 0 Å². The minimum absolute atomic E-state index is 0.705. The van der Waals surface area contributed by atoms with Gasteiger partial charge in [-0.3, -0.25) is 4.90 Å². The third kappa shape index (κ3) is 3.52. The van der Waals surface area contributed by atoms with Gasteiger partial charge < -0.3 is 14.2 Å². The average molecular weight is 274 g/mol. The van der Waals surface area contributed by atoms with Crippen LogP contribution in [0, 0.1) is 6.92 Å². The summed E-state index contributed by atoms with van der Waals surface area (Å²) >= 11 is 0. The molecule has 1 aliphatic rings. The third-order valence-electron chi connectivity index (χ3n) is 3.63. The minimum atomic E-state index is 0.705. The highest BCUT2D eigenvalue weighted by Gasteiger charge is 2.21. The fourth-order valence-electron chi connectivity index (χ4n) is 2.37. The number of nitrogens with zero attached hydrogens (tertiary/aromatic N) is 1. The van der Waals surface area contributed by atoms with Crippen molar-refractivity contribution in [3.8, 4) is 0 Å². The Morgan fingerprint density at radius 3 is 2.80 bits per heavy atom. The fourth-order valence-corrected chi connectivity index (χ4v) is 2.37. The minimum Gasteiger partial charge on any atom is -0.468 e. The Balaban J connectivity index is 1.54. The van der Waals surface area contributed by atoms with Crippen LogP contribution in [0.15, 0.2) is 33.3 Å². The first kappa shape index (κ1) is 13.5. The molecule has 0 saturated heterocycles. The summed E-state index contributed by atoms with van der Waals surface area (Å²) in [6.07, 6.45) is 4.38. The summed E-state index contributed by atoms with van der Waals surface area (Å²) in [4.78, 5) is 2.24. The zero-order chi connectivity index (χ0) is 13.9. The predicted molar refractivity (Wildman–Crippen MR) is 77.2 cm³/mol. The molecule has 3 rings (SSSR count). The Kier molecular flexibility index (Phi) is 3.94. The topological polar surface area (TPSA) is 41.6 Å². The van der Waals surface area contributed by atoms with Crippen LogP contribution in [0.2, 0.25) is 0 Å². The molecule has 1 saturated carbocycles. The molecule has 4 nitrogen and oxygen atoms in total. The molecule has 2 heterocycles. The summed E-state index contributed by atoms with van der Waals surface area (Å²) in [5.41, 5.74) is 1.25. The fraction of sp³-hybridized carbons (Fsp3) is 0.500. The van der Waals surface area contributed by atoms with Crippen LogP contribution in [0.25, 0.3) is 0 Å². The van der Waals surface area contributed by atoms with Crippen LogP contribution in [0.5, 0.6) is 0 Å². The van der Waals surface area contributed by atoms with Crippen molar-refractivity contribution in [1.82, 2.24) is 10.2 Å². The second-order valence-corrected chi connectivity index (χ2v) is 5.71. The van der Waals surface area contributed by atoms with Gasteiger partial charge in [0.15, 0.2) is 0 Å². The molecule has 1 aliphatic carbocycles. The predicted octanol–water partition coefficient (Wildman–Crippen LogP) is 3.07. The standard InChI is InChI=1S/C16H22N2O2/c1-12-3-6-15(20-12)11-18(2)10-13-7-8-19-16(13)9-17-14-4-5-14/h3,6-8,14,17H,4-5,9-11H2,1-2H3. The molecule has 2 aromatic heterocycles. The molecule has 0 spiro atoms. The van der Waals surface area contributed by atoms with Crippen molar-refractivity contribution in [2.75, 3.05) is 7.05 Å². The van der Waals surface area contributed by atoms with Crippen molar-refractivity contribution in [1.29, 1.82) is 0 Å². The molecule has 108 valence electrons. The van der Waals surface area contributed by atoms with Crippen molar-refractivity contribution in [3.63, 3.8) is 0 Å². The first-order valence-electron chi connectivity index (χ1n) is 7.23. The first-order valence-corrected chi connectivity index (χ1v) is 7.23.